The SMILES string of the molecule is O=c1cc(O)cc(-c2ccccc2)n1Cc1ccncc1. The van der Waals surface area contributed by atoms with Gasteiger partial charge in [0.25, 0.3) is 5.56 Å². The predicted octanol–water partition coefficient (Wildman–Crippen LogP) is 2.66. The number of hydrogen-bond acceptors (Lipinski definition) is 3. The van der Waals surface area contributed by atoms with E-state index in [2.05, 4.69) is 4.98 Å². The first-order valence-corrected chi connectivity index (χ1v) is 6.62. The average molecular weight is 278 g/mol. The minimum Gasteiger partial charge on any atom is -0.508 e. The van der Waals surface area contributed by atoms with Gasteiger partial charge in [0.15, 0.2) is 0 Å². The van der Waals surface area contributed by atoms with Crippen LogP contribution in [0.2, 0.25) is 0 Å². The molecule has 0 amide bonds. The topological polar surface area (TPSA) is 55.1 Å². The third kappa shape index (κ3) is 2.84. The summed E-state index contributed by atoms with van der Waals surface area (Å²) in [6.07, 6.45) is 3.39. The van der Waals surface area contributed by atoms with Crippen molar-refractivity contribution < 1.29 is 5.11 Å². The van der Waals surface area contributed by atoms with Crippen molar-refractivity contribution in [3.05, 3.63) is 82.9 Å². The van der Waals surface area contributed by atoms with Crippen molar-refractivity contribution in [3.8, 4) is 17.0 Å². The quantitative estimate of drug-likeness (QED) is 0.801. The van der Waals surface area contributed by atoms with Gasteiger partial charge in [-0.25, -0.2) is 0 Å². The molecule has 0 atom stereocenters. The maximum Gasteiger partial charge on any atom is 0.255 e. The van der Waals surface area contributed by atoms with Crippen LogP contribution in [0.3, 0.4) is 0 Å². The van der Waals surface area contributed by atoms with Gasteiger partial charge < -0.3 is 9.67 Å². The van der Waals surface area contributed by atoms with Crippen LogP contribution in [-0.4, -0.2) is 14.7 Å². The van der Waals surface area contributed by atoms with E-state index in [0.29, 0.717) is 12.2 Å². The summed E-state index contributed by atoms with van der Waals surface area (Å²) >= 11 is 0. The maximum atomic E-state index is 12.2. The lowest BCUT2D eigenvalue weighted by Crippen LogP contribution is -2.21. The second-order valence-electron chi connectivity index (χ2n) is 4.74. The van der Waals surface area contributed by atoms with Crippen molar-refractivity contribution in [2.75, 3.05) is 0 Å². The normalized spacial score (nSPS) is 10.5. The van der Waals surface area contributed by atoms with Crippen LogP contribution in [0.4, 0.5) is 0 Å². The first kappa shape index (κ1) is 13.1. The van der Waals surface area contributed by atoms with Crippen molar-refractivity contribution in [3.63, 3.8) is 0 Å². The van der Waals surface area contributed by atoms with Crippen molar-refractivity contribution in [2.45, 2.75) is 6.54 Å². The molecule has 1 aromatic carbocycles. The zero-order valence-electron chi connectivity index (χ0n) is 11.3. The lowest BCUT2D eigenvalue weighted by Gasteiger charge is -2.13. The van der Waals surface area contributed by atoms with Gasteiger partial charge in [0.1, 0.15) is 5.75 Å². The first-order chi connectivity index (χ1) is 10.2. The van der Waals surface area contributed by atoms with Gasteiger partial charge in [0.2, 0.25) is 0 Å². The largest absolute Gasteiger partial charge is 0.508 e. The summed E-state index contributed by atoms with van der Waals surface area (Å²) in [5.41, 5.74) is 2.33. The zero-order valence-corrected chi connectivity index (χ0v) is 11.3. The van der Waals surface area contributed by atoms with Gasteiger partial charge in [-0.2, -0.15) is 0 Å². The first-order valence-electron chi connectivity index (χ1n) is 6.62. The molecule has 3 rings (SSSR count). The van der Waals surface area contributed by atoms with E-state index in [0.717, 1.165) is 11.1 Å². The molecule has 0 saturated carbocycles. The van der Waals surface area contributed by atoms with Gasteiger partial charge >= 0.3 is 0 Å². The fourth-order valence-corrected chi connectivity index (χ4v) is 2.26. The predicted molar refractivity (Wildman–Crippen MR) is 81.1 cm³/mol. The van der Waals surface area contributed by atoms with Gasteiger partial charge in [-0.1, -0.05) is 30.3 Å². The van der Waals surface area contributed by atoms with E-state index in [9.17, 15) is 9.90 Å². The number of benzene rings is 1. The van der Waals surface area contributed by atoms with Crippen LogP contribution < -0.4 is 5.56 Å². The molecule has 4 nitrogen and oxygen atoms in total. The van der Waals surface area contributed by atoms with Crippen molar-refractivity contribution >= 4 is 0 Å². The number of rotatable bonds is 3. The number of nitrogens with zero attached hydrogens (tertiary/aromatic N) is 2. The van der Waals surface area contributed by atoms with E-state index in [1.165, 1.54) is 6.07 Å². The average Bonchev–Trinajstić information content (AvgIpc) is 2.51. The Morgan fingerprint density at radius 1 is 1.00 bits per heavy atom. The Hall–Kier alpha value is -2.88. The van der Waals surface area contributed by atoms with Crippen LogP contribution in [0.15, 0.2) is 71.8 Å². The standard InChI is InChI=1S/C17H14N2O2/c20-15-10-16(14-4-2-1-3-5-14)19(17(21)11-15)12-13-6-8-18-9-7-13/h1-11,20H,12H2. The van der Waals surface area contributed by atoms with Gasteiger partial charge in [0.05, 0.1) is 12.2 Å². The zero-order chi connectivity index (χ0) is 14.7. The van der Waals surface area contributed by atoms with Gasteiger partial charge in [0, 0.05) is 24.5 Å². The Kier molecular flexibility index (Phi) is 3.51. The van der Waals surface area contributed by atoms with Gasteiger partial charge in [-0.3, -0.25) is 9.78 Å². The molecule has 2 aromatic heterocycles. The van der Waals surface area contributed by atoms with Crippen LogP contribution in [0.5, 0.6) is 5.75 Å². The molecule has 4 heteroatoms. The molecular formula is C17H14N2O2. The van der Waals surface area contributed by atoms with Crippen LogP contribution in [0.1, 0.15) is 5.56 Å². The maximum absolute atomic E-state index is 12.2. The van der Waals surface area contributed by atoms with Gasteiger partial charge in [-0.05, 0) is 23.3 Å². The minimum absolute atomic E-state index is 0.0233. The van der Waals surface area contributed by atoms with E-state index in [1.807, 2.05) is 42.5 Å². The molecule has 104 valence electrons. The second-order valence-corrected chi connectivity index (χ2v) is 4.74. The molecule has 0 fully saturated rings. The van der Waals surface area contributed by atoms with Crippen LogP contribution in [0.25, 0.3) is 11.3 Å². The Morgan fingerprint density at radius 3 is 2.43 bits per heavy atom. The fourth-order valence-electron chi connectivity index (χ4n) is 2.26. The molecule has 0 aliphatic heterocycles. The summed E-state index contributed by atoms with van der Waals surface area (Å²) in [4.78, 5) is 16.2. The summed E-state index contributed by atoms with van der Waals surface area (Å²) in [5, 5.41) is 9.72. The fraction of sp³-hybridized carbons (Fsp3) is 0.0588. The third-order valence-electron chi connectivity index (χ3n) is 3.27. The van der Waals surface area contributed by atoms with E-state index in [-0.39, 0.29) is 11.3 Å². The molecule has 0 aliphatic carbocycles. The Morgan fingerprint density at radius 2 is 1.71 bits per heavy atom. The molecule has 0 saturated heterocycles. The highest BCUT2D eigenvalue weighted by Crippen LogP contribution is 2.22. The Balaban J connectivity index is 2.13. The highest BCUT2D eigenvalue weighted by atomic mass is 16.3. The molecule has 0 unspecified atom stereocenters. The van der Waals surface area contributed by atoms with Crippen molar-refractivity contribution in [1.82, 2.24) is 9.55 Å². The highest BCUT2D eigenvalue weighted by Gasteiger charge is 2.09. The summed E-state index contributed by atoms with van der Waals surface area (Å²) in [7, 11) is 0. The Bertz CT molecular complexity index is 796. The summed E-state index contributed by atoms with van der Waals surface area (Å²) < 4.78 is 1.64. The smallest absolute Gasteiger partial charge is 0.255 e. The molecule has 0 radical (unpaired) electrons. The van der Waals surface area contributed by atoms with Gasteiger partial charge in [-0.15, -0.1) is 0 Å². The van der Waals surface area contributed by atoms with E-state index in [1.54, 1.807) is 23.0 Å². The molecule has 1 N–H and O–H groups in total. The van der Waals surface area contributed by atoms with Crippen LogP contribution >= 0.6 is 0 Å². The second kappa shape index (κ2) is 5.63. The number of hydrogen-bond donors (Lipinski definition) is 1. The Labute approximate surface area is 122 Å². The third-order valence-corrected chi connectivity index (χ3v) is 3.27. The molecule has 0 aliphatic rings. The molecule has 21 heavy (non-hydrogen) atoms. The summed E-state index contributed by atoms with van der Waals surface area (Å²) in [6, 6.07) is 16.1. The summed E-state index contributed by atoms with van der Waals surface area (Å²) in [6.45, 7) is 0.436. The number of aromatic hydroxyl groups is 1. The monoisotopic (exact) mass is 278 g/mol. The number of aromatic nitrogens is 2. The summed E-state index contributed by atoms with van der Waals surface area (Å²) in [5.74, 6) is -0.0233. The highest BCUT2D eigenvalue weighted by molar-refractivity contribution is 5.61. The van der Waals surface area contributed by atoms with Crippen molar-refractivity contribution in [2.24, 2.45) is 0 Å². The molecular weight excluding hydrogens is 264 g/mol. The van der Waals surface area contributed by atoms with Crippen LogP contribution in [0, 0.1) is 0 Å². The van der Waals surface area contributed by atoms with E-state index in [4.69, 9.17) is 0 Å². The van der Waals surface area contributed by atoms with Crippen molar-refractivity contribution in [1.29, 1.82) is 0 Å². The van der Waals surface area contributed by atoms with Crippen LogP contribution in [-0.2, 0) is 6.54 Å². The molecule has 2 heterocycles. The van der Waals surface area contributed by atoms with E-state index >= 15 is 0 Å². The number of pyridine rings is 2. The van der Waals surface area contributed by atoms with E-state index < -0.39 is 0 Å². The molecule has 3 aromatic rings. The molecule has 0 spiro atoms. The molecule has 0 bridgehead atoms. The lowest BCUT2D eigenvalue weighted by molar-refractivity contribution is 0.472. The lowest BCUT2D eigenvalue weighted by atomic mass is 10.1. The minimum atomic E-state index is -0.231.